The molecule has 0 aliphatic carbocycles. The van der Waals surface area contributed by atoms with Crippen LogP contribution in [0.4, 0.5) is 5.69 Å². The van der Waals surface area contributed by atoms with Gasteiger partial charge in [0.05, 0.1) is 30.8 Å². The standard InChI is InChI=1S/C20H23N3O7S/c1-28-17-4-2-3-16(20(21)25)19(17)30-13-18(24)22-14-5-7-15(8-6-14)31(26,27)23-9-11-29-12-10-23/h2-8H,9-13H2,1H3,(H2,21,25)(H,22,24). The summed E-state index contributed by atoms with van der Waals surface area (Å²) >= 11 is 0. The van der Waals surface area contributed by atoms with E-state index in [-0.39, 0.29) is 22.0 Å². The van der Waals surface area contributed by atoms with Gasteiger partial charge in [-0.2, -0.15) is 4.31 Å². The first-order valence-corrected chi connectivity index (χ1v) is 10.8. The van der Waals surface area contributed by atoms with Gasteiger partial charge in [-0.05, 0) is 36.4 Å². The zero-order valence-electron chi connectivity index (χ0n) is 16.9. The molecule has 0 spiro atoms. The molecule has 0 saturated carbocycles. The lowest BCUT2D eigenvalue weighted by molar-refractivity contribution is -0.118. The summed E-state index contributed by atoms with van der Waals surface area (Å²) < 4.78 is 42.4. The molecule has 0 radical (unpaired) electrons. The molecular weight excluding hydrogens is 426 g/mol. The first-order chi connectivity index (χ1) is 14.8. The van der Waals surface area contributed by atoms with Crippen molar-refractivity contribution in [3.63, 3.8) is 0 Å². The van der Waals surface area contributed by atoms with Gasteiger partial charge in [0.25, 0.3) is 11.8 Å². The Bertz CT molecular complexity index is 1050. The Balaban J connectivity index is 1.64. The number of nitrogens with two attached hydrogens (primary N) is 1. The zero-order valence-corrected chi connectivity index (χ0v) is 17.7. The molecule has 2 amide bonds. The van der Waals surface area contributed by atoms with Crippen LogP contribution in [0.3, 0.4) is 0 Å². The van der Waals surface area contributed by atoms with Crippen LogP contribution in [0, 0.1) is 0 Å². The lowest BCUT2D eigenvalue weighted by atomic mass is 10.2. The van der Waals surface area contributed by atoms with E-state index in [1.165, 1.54) is 41.7 Å². The fourth-order valence-electron chi connectivity index (χ4n) is 3.00. The summed E-state index contributed by atoms with van der Waals surface area (Å²) in [6.45, 7) is 0.908. The fraction of sp³-hybridized carbons (Fsp3) is 0.300. The normalized spacial score (nSPS) is 14.6. The van der Waals surface area contributed by atoms with Gasteiger partial charge in [-0.15, -0.1) is 0 Å². The average molecular weight is 449 g/mol. The molecule has 1 heterocycles. The number of carbonyl (C=O) groups is 2. The van der Waals surface area contributed by atoms with Crippen LogP contribution < -0.4 is 20.5 Å². The van der Waals surface area contributed by atoms with Crippen molar-refractivity contribution in [2.24, 2.45) is 5.73 Å². The van der Waals surface area contributed by atoms with E-state index in [1.807, 2.05) is 0 Å². The van der Waals surface area contributed by atoms with E-state index in [2.05, 4.69) is 5.32 Å². The number of rotatable bonds is 8. The summed E-state index contributed by atoms with van der Waals surface area (Å²) in [5, 5.41) is 2.61. The van der Waals surface area contributed by atoms with Gasteiger partial charge in [0, 0.05) is 18.8 Å². The van der Waals surface area contributed by atoms with Gasteiger partial charge in [0.1, 0.15) is 0 Å². The summed E-state index contributed by atoms with van der Waals surface area (Å²) in [6, 6.07) is 10.4. The number of anilines is 1. The summed E-state index contributed by atoms with van der Waals surface area (Å²) in [4.78, 5) is 24.0. The van der Waals surface area contributed by atoms with Crippen molar-refractivity contribution in [2.45, 2.75) is 4.90 Å². The Hall–Kier alpha value is -3.15. The largest absolute Gasteiger partial charge is 0.493 e. The van der Waals surface area contributed by atoms with Crippen LogP contribution in [0.2, 0.25) is 0 Å². The Morgan fingerprint density at radius 2 is 1.81 bits per heavy atom. The molecule has 31 heavy (non-hydrogen) atoms. The molecular formula is C20H23N3O7S. The molecule has 3 N–H and O–H groups in total. The number of methoxy groups -OCH3 is 1. The third kappa shape index (κ3) is 5.32. The summed E-state index contributed by atoms with van der Waals surface area (Å²) in [6.07, 6.45) is 0. The number of nitrogens with zero attached hydrogens (tertiary/aromatic N) is 1. The first-order valence-electron chi connectivity index (χ1n) is 9.40. The van der Waals surface area contributed by atoms with Gasteiger partial charge in [-0.1, -0.05) is 6.07 Å². The lowest BCUT2D eigenvalue weighted by Gasteiger charge is -2.26. The molecule has 11 heteroatoms. The highest BCUT2D eigenvalue weighted by Crippen LogP contribution is 2.30. The predicted molar refractivity (Wildman–Crippen MR) is 112 cm³/mol. The molecule has 2 aromatic carbocycles. The van der Waals surface area contributed by atoms with Crippen molar-refractivity contribution in [3.8, 4) is 11.5 Å². The minimum Gasteiger partial charge on any atom is -0.493 e. The van der Waals surface area contributed by atoms with Crippen LogP contribution >= 0.6 is 0 Å². The summed E-state index contributed by atoms with van der Waals surface area (Å²) in [7, 11) is -2.21. The number of para-hydroxylation sites is 1. The maximum Gasteiger partial charge on any atom is 0.262 e. The van der Waals surface area contributed by atoms with Gasteiger partial charge < -0.3 is 25.3 Å². The zero-order chi connectivity index (χ0) is 22.4. The van der Waals surface area contributed by atoms with Crippen LogP contribution in [0.25, 0.3) is 0 Å². The number of amides is 2. The van der Waals surface area contributed by atoms with Gasteiger partial charge in [0.15, 0.2) is 18.1 Å². The molecule has 10 nitrogen and oxygen atoms in total. The number of hydrogen-bond acceptors (Lipinski definition) is 7. The minimum atomic E-state index is -3.62. The second-order valence-corrected chi connectivity index (χ2v) is 8.52. The van der Waals surface area contributed by atoms with Crippen molar-refractivity contribution in [3.05, 3.63) is 48.0 Å². The molecule has 0 unspecified atom stereocenters. The van der Waals surface area contributed by atoms with Gasteiger partial charge in [-0.3, -0.25) is 9.59 Å². The molecule has 3 rings (SSSR count). The van der Waals surface area contributed by atoms with E-state index in [4.69, 9.17) is 19.9 Å². The van der Waals surface area contributed by atoms with E-state index < -0.39 is 28.4 Å². The maximum atomic E-state index is 12.6. The molecule has 0 bridgehead atoms. The maximum absolute atomic E-state index is 12.6. The van der Waals surface area contributed by atoms with E-state index in [0.717, 1.165) is 0 Å². The molecule has 2 aromatic rings. The Morgan fingerprint density at radius 1 is 1.13 bits per heavy atom. The predicted octanol–water partition coefficient (Wildman–Crippen LogP) is 0.833. The number of primary amides is 1. The molecule has 166 valence electrons. The Labute approximate surface area is 179 Å². The minimum absolute atomic E-state index is 0.0691. The SMILES string of the molecule is COc1cccc(C(N)=O)c1OCC(=O)Nc1ccc(S(=O)(=O)N2CCOCC2)cc1. The number of ether oxygens (including phenoxy) is 3. The molecule has 1 aliphatic heterocycles. The van der Waals surface area contributed by atoms with Crippen molar-refractivity contribution in [2.75, 3.05) is 45.3 Å². The van der Waals surface area contributed by atoms with E-state index in [9.17, 15) is 18.0 Å². The average Bonchev–Trinajstić information content (AvgIpc) is 2.78. The summed E-state index contributed by atoms with van der Waals surface area (Å²) in [5.41, 5.74) is 5.82. The molecule has 0 atom stereocenters. The quantitative estimate of drug-likeness (QED) is 0.609. The van der Waals surface area contributed by atoms with E-state index in [1.54, 1.807) is 12.1 Å². The van der Waals surface area contributed by atoms with Crippen LogP contribution in [0.5, 0.6) is 11.5 Å². The number of hydrogen-bond donors (Lipinski definition) is 2. The number of sulfonamides is 1. The third-order valence-electron chi connectivity index (χ3n) is 4.56. The van der Waals surface area contributed by atoms with Crippen molar-refractivity contribution in [1.29, 1.82) is 0 Å². The van der Waals surface area contributed by atoms with Gasteiger partial charge >= 0.3 is 0 Å². The van der Waals surface area contributed by atoms with Crippen LogP contribution in [0.15, 0.2) is 47.4 Å². The molecule has 1 aliphatic rings. The Morgan fingerprint density at radius 3 is 2.42 bits per heavy atom. The van der Waals surface area contributed by atoms with E-state index >= 15 is 0 Å². The fourth-order valence-corrected chi connectivity index (χ4v) is 4.41. The highest BCUT2D eigenvalue weighted by molar-refractivity contribution is 7.89. The number of morpholine rings is 1. The summed E-state index contributed by atoms with van der Waals surface area (Å²) in [5.74, 6) is -0.891. The first kappa shape index (κ1) is 22.5. The molecule has 1 fully saturated rings. The van der Waals surface area contributed by atoms with Crippen molar-refractivity contribution >= 4 is 27.5 Å². The number of carbonyl (C=O) groups excluding carboxylic acids is 2. The molecule has 0 aromatic heterocycles. The van der Waals surface area contributed by atoms with E-state index in [0.29, 0.717) is 32.0 Å². The lowest BCUT2D eigenvalue weighted by Crippen LogP contribution is -2.40. The highest BCUT2D eigenvalue weighted by Gasteiger charge is 2.26. The molecule has 1 saturated heterocycles. The Kier molecular flexibility index (Phi) is 7.10. The monoisotopic (exact) mass is 449 g/mol. The second-order valence-electron chi connectivity index (χ2n) is 6.58. The van der Waals surface area contributed by atoms with Crippen LogP contribution in [-0.4, -0.2) is 64.6 Å². The number of nitrogens with one attached hydrogen (secondary N) is 1. The van der Waals surface area contributed by atoms with Crippen molar-refractivity contribution in [1.82, 2.24) is 4.31 Å². The second kappa shape index (κ2) is 9.77. The van der Waals surface area contributed by atoms with Crippen molar-refractivity contribution < 1.29 is 32.2 Å². The third-order valence-corrected chi connectivity index (χ3v) is 6.47. The van der Waals surface area contributed by atoms with Gasteiger partial charge in [-0.25, -0.2) is 8.42 Å². The highest BCUT2D eigenvalue weighted by atomic mass is 32.2. The smallest absolute Gasteiger partial charge is 0.262 e. The van der Waals surface area contributed by atoms with Crippen LogP contribution in [-0.2, 0) is 19.6 Å². The van der Waals surface area contributed by atoms with Gasteiger partial charge in [0.2, 0.25) is 10.0 Å². The topological polar surface area (TPSA) is 137 Å². The number of benzene rings is 2. The van der Waals surface area contributed by atoms with Crippen LogP contribution in [0.1, 0.15) is 10.4 Å².